The fraction of sp³-hybridized carbons (Fsp3) is 0.455. The topological polar surface area (TPSA) is 63.6 Å². The van der Waals surface area contributed by atoms with Crippen LogP contribution in [-0.2, 0) is 21.5 Å². The summed E-state index contributed by atoms with van der Waals surface area (Å²) in [5, 5.41) is -6.89. The summed E-state index contributed by atoms with van der Waals surface area (Å²) >= 11 is 0. The standard InChI is InChI=1S/C11H8F8O4S/c12-8(13,9(14,15)11(18,19)24(20,21)22)10(16,17)23-6-7-4-2-1-3-5-7/h1-5H,6H2,(H,20,21,22). The highest BCUT2D eigenvalue weighted by atomic mass is 32.2. The minimum atomic E-state index is -7.17. The van der Waals surface area contributed by atoms with E-state index in [-0.39, 0.29) is 5.56 Å². The monoisotopic (exact) mass is 388 g/mol. The van der Waals surface area contributed by atoms with E-state index in [9.17, 15) is 43.5 Å². The van der Waals surface area contributed by atoms with Gasteiger partial charge in [-0.2, -0.15) is 43.5 Å². The van der Waals surface area contributed by atoms with Gasteiger partial charge in [-0.15, -0.1) is 0 Å². The van der Waals surface area contributed by atoms with Gasteiger partial charge in [-0.25, -0.2) is 0 Å². The summed E-state index contributed by atoms with van der Waals surface area (Å²) in [4.78, 5) is 0. The third kappa shape index (κ3) is 3.32. The van der Waals surface area contributed by atoms with Gasteiger partial charge in [0.05, 0.1) is 6.61 Å². The first-order valence-corrected chi connectivity index (χ1v) is 7.18. The van der Waals surface area contributed by atoms with E-state index in [0.717, 1.165) is 12.1 Å². The average molecular weight is 388 g/mol. The van der Waals surface area contributed by atoms with Crippen molar-refractivity contribution in [1.29, 1.82) is 0 Å². The van der Waals surface area contributed by atoms with E-state index < -0.39 is 39.9 Å². The van der Waals surface area contributed by atoms with Gasteiger partial charge in [0.25, 0.3) is 0 Å². The van der Waals surface area contributed by atoms with Crippen LogP contribution in [0, 0.1) is 0 Å². The number of alkyl halides is 8. The molecule has 0 aliphatic heterocycles. The van der Waals surface area contributed by atoms with Crippen molar-refractivity contribution in [2.75, 3.05) is 0 Å². The van der Waals surface area contributed by atoms with Gasteiger partial charge in [0, 0.05) is 0 Å². The lowest BCUT2D eigenvalue weighted by Crippen LogP contribution is -2.64. The Bertz CT molecular complexity index is 675. The lowest BCUT2D eigenvalue weighted by Gasteiger charge is -2.34. The summed E-state index contributed by atoms with van der Waals surface area (Å²) in [6, 6.07) is 6.08. The highest BCUT2D eigenvalue weighted by Crippen LogP contribution is 2.54. The zero-order valence-electron chi connectivity index (χ0n) is 11.2. The van der Waals surface area contributed by atoms with Crippen LogP contribution in [0.1, 0.15) is 5.56 Å². The molecule has 0 aromatic heterocycles. The summed E-state index contributed by atoms with van der Waals surface area (Å²) in [5.74, 6) is -14.1. The molecule has 0 heterocycles. The first-order valence-electron chi connectivity index (χ1n) is 5.74. The number of hydrogen-bond acceptors (Lipinski definition) is 3. The fourth-order valence-electron chi connectivity index (χ4n) is 1.37. The van der Waals surface area contributed by atoms with Crippen molar-refractivity contribution in [3.63, 3.8) is 0 Å². The summed E-state index contributed by atoms with van der Waals surface area (Å²) in [6.45, 7) is -1.36. The molecule has 24 heavy (non-hydrogen) atoms. The van der Waals surface area contributed by atoms with Crippen LogP contribution in [-0.4, -0.2) is 36.2 Å². The minimum Gasteiger partial charge on any atom is -0.311 e. The highest BCUT2D eigenvalue weighted by Gasteiger charge is 2.85. The SMILES string of the molecule is O=S(=O)(O)C(F)(F)C(F)(F)C(F)(F)C(F)(F)OCc1ccccc1. The maximum Gasteiger partial charge on any atom is 0.438 e. The Labute approximate surface area is 129 Å². The Kier molecular flexibility index (Phi) is 5.24. The fourth-order valence-corrected chi connectivity index (χ4v) is 1.82. The van der Waals surface area contributed by atoms with Gasteiger partial charge in [0.1, 0.15) is 0 Å². The molecule has 0 unspecified atom stereocenters. The Morgan fingerprint density at radius 3 is 1.75 bits per heavy atom. The lowest BCUT2D eigenvalue weighted by atomic mass is 10.1. The predicted molar refractivity (Wildman–Crippen MR) is 62.6 cm³/mol. The van der Waals surface area contributed by atoms with Crippen LogP contribution in [0.25, 0.3) is 0 Å². The molecule has 0 saturated carbocycles. The summed E-state index contributed by atoms with van der Waals surface area (Å²) < 4.78 is 136. The largest absolute Gasteiger partial charge is 0.438 e. The smallest absolute Gasteiger partial charge is 0.311 e. The van der Waals surface area contributed by atoms with Gasteiger partial charge in [-0.3, -0.25) is 4.55 Å². The van der Waals surface area contributed by atoms with Gasteiger partial charge in [-0.05, 0) is 5.56 Å². The molecule has 0 aliphatic rings. The van der Waals surface area contributed by atoms with Gasteiger partial charge in [-0.1, -0.05) is 30.3 Å². The Morgan fingerprint density at radius 1 is 0.875 bits per heavy atom. The Morgan fingerprint density at radius 2 is 1.33 bits per heavy atom. The molecule has 1 rings (SSSR count). The zero-order valence-corrected chi connectivity index (χ0v) is 12.0. The molecule has 0 aliphatic carbocycles. The molecule has 0 saturated heterocycles. The molecule has 0 spiro atoms. The van der Waals surface area contributed by atoms with Crippen molar-refractivity contribution in [2.45, 2.75) is 29.8 Å². The molecule has 138 valence electrons. The van der Waals surface area contributed by atoms with Crippen LogP contribution in [0.3, 0.4) is 0 Å². The van der Waals surface area contributed by atoms with Gasteiger partial charge in [0.15, 0.2) is 0 Å². The Balaban J connectivity index is 3.15. The first-order chi connectivity index (χ1) is 10.6. The molecule has 4 nitrogen and oxygen atoms in total. The van der Waals surface area contributed by atoms with E-state index in [4.69, 9.17) is 4.55 Å². The maximum absolute atomic E-state index is 13.2. The van der Waals surface area contributed by atoms with Crippen LogP contribution in [0.5, 0.6) is 0 Å². The molecule has 0 bridgehead atoms. The average Bonchev–Trinajstić information content (AvgIpc) is 2.44. The zero-order chi connectivity index (χ0) is 19.0. The van der Waals surface area contributed by atoms with Crippen molar-refractivity contribution in [1.82, 2.24) is 0 Å². The molecule has 0 radical (unpaired) electrons. The number of hydrogen-bond donors (Lipinski definition) is 1. The first kappa shape index (κ1) is 20.6. The second kappa shape index (κ2) is 6.11. The number of benzene rings is 1. The van der Waals surface area contributed by atoms with Crippen molar-refractivity contribution in [2.24, 2.45) is 0 Å². The molecule has 0 amide bonds. The van der Waals surface area contributed by atoms with E-state index in [1.165, 1.54) is 18.2 Å². The van der Waals surface area contributed by atoms with Crippen molar-refractivity contribution < 1.29 is 52.8 Å². The number of halogens is 8. The van der Waals surface area contributed by atoms with Crippen molar-refractivity contribution >= 4 is 10.1 Å². The van der Waals surface area contributed by atoms with E-state index >= 15 is 0 Å². The van der Waals surface area contributed by atoms with Crippen LogP contribution in [0.4, 0.5) is 35.1 Å². The molecular weight excluding hydrogens is 380 g/mol. The molecule has 13 heteroatoms. The van der Waals surface area contributed by atoms with Crippen molar-refractivity contribution in [3.8, 4) is 0 Å². The number of ether oxygens (including phenoxy) is 1. The summed E-state index contributed by atoms with van der Waals surface area (Å²) in [6.07, 6.45) is -6.18. The van der Waals surface area contributed by atoms with Crippen LogP contribution < -0.4 is 0 Å². The number of rotatable bonds is 7. The van der Waals surface area contributed by atoms with E-state index in [1.54, 1.807) is 0 Å². The minimum absolute atomic E-state index is 0.183. The van der Waals surface area contributed by atoms with Crippen LogP contribution in [0.2, 0.25) is 0 Å². The molecule has 1 aromatic carbocycles. The summed E-state index contributed by atoms with van der Waals surface area (Å²) in [5.41, 5.74) is -0.183. The summed E-state index contributed by atoms with van der Waals surface area (Å²) in [7, 11) is -7.12. The predicted octanol–water partition coefficient (Wildman–Crippen LogP) is 3.55. The van der Waals surface area contributed by atoms with E-state index in [2.05, 4.69) is 4.74 Å². The molecule has 1 N–H and O–H groups in total. The highest BCUT2D eigenvalue weighted by molar-refractivity contribution is 7.87. The molecular formula is C11H8F8O4S. The van der Waals surface area contributed by atoms with Crippen LogP contribution >= 0.6 is 0 Å². The Hall–Kier alpha value is -1.47. The van der Waals surface area contributed by atoms with Gasteiger partial charge >= 0.3 is 33.3 Å². The molecule has 0 fully saturated rings. The van der Waals surface area contributed by atoms with Gasteiger partial charge < -0.3 is 4.74 Å². The lowest BCUT2D eigenvalue weighted by molar-refractivity contribution is -0.420. The maximum atomic E-state index is 13.2. The van der Waals surface area contributed by atoms with Gasteiger partial charge in [0.2, 0.25) is 0 Å². The normalized spacial score (nSPS) is 14.7. The van der Waals surface area contributed by atoms with Crippen LogP contribution in [0.15, 0.2) is 30.3 Å². The van der Waals surface area contributed by atoms with Crippen molar-refractivity contribution in [3.05, 3.63) is 35.9 Å². The third-order valence-corrected chi connectivity index (χ3v) is 3.62. The third-order valence-electron chi connectivity index (χ3n) is 2.71. The quantitative estimate of drug-likeness (QED) is 0.573. The second-order valence-corrected chi connectivity index (χ2v) is 5.89. The molecule has 0 atom stereocenters. The molecule has 1 aromatic rings. The van der Waals surface area contributed by atoms with E-state index in [0.29, 0.717) is 0 Å². The second-order valence-electron chi connectivity index (χ2n) is 4.43. The van der Waals surface area contributed by atoms with E-state index in [1.807, 2.05) is 0 Å².